The zero-order valence-corrected chi connectivity index (χ0v) is 18.4. The smallest absolute Gasteiger partial charge is 0.303 e. The summed E-state index contributed by atoms with van der Waals surface area (Å²) in [5, 5.41) is 33.9. The lowest BCUT2D eigenvalue weighted by atomic mass is 9.44. The summed E-state index contributed by atoms with van der Waals surface area (Å²) in [5.74, 6) is -3.62. The molecule has 0 spiro atoms. The molecule has 2 unspecified atom stereocenters. The van der Waals surface area contributed by atoms with Gasteiger partial charge in [-0.15, -0.1) is 0 Å². The SMILES string of the molecule is C=C1C[C@H]2[C@@H]3C(O)CC4=CC(=O)C=C[C@]4(C)[C@@]3(F)C(O)C[C@]2(C)[C@@]1(O)C(=O)COC(C)=O. The van der Waals surface area contributed by atoms with Gasteiger partial charge in [-0.05, 0) is 49.8 Å². The molecule has 0 aliphatic heterocycles. The van der Waals surface area contributed by atoms with E-state index >= 15 is 4.39 Å². The molecular formula is C24H29FO7. The van der Waals surface area contributed by atoms with Gasteiger partial charge in [-0.1, -0.05) is 25.2 Å². The Labute approximate surface area is 185 Å². The van der Waals surface area contributed by atoms with Crippen molar-refractivity contribution in [3.63, 3.8) is 0 Å². The van der Waals surface area contributed by atoms with Gasteiger partial charge in [0.2, 0.25) is 5.78 Å². The van der Waals surface area contributed by atoms with Crippen LogP contribution in [0.4, 0.5) is 4.39 Å². The second-order valence-electron chi connectivity index (χ2n) is 10.1. The average molecular weight is 448 g/mol. The number of ether oxygens (including phenoxy) is 1. The molecule has 32 heavy (non-hydrogen) atoms. The fourth-order valence-corrected chi connectivity index (χ4v) is 6.95. The summed E-state index contributed by atoms with van der Waals surface area (Å²) in [6, 6.07) is 0. The summed E-state index contributed by atoms with van der Waals surface area (Å²) in [4.78, 5) is 36.1. The summed E-state index contributed by atoms with van der Waals surface area (Å²) < 4.78 is 21.9. The van der Waals surface area contributed by atoms with Crippen molar-refractivity contribution in [2.75, 3.05) is 6.61 Å². The average Bonchev–Trinajstić information content (AvgIpc) is 2.89. The van der Waals surface area contributed by atoms with Crippen LogP contribution < -0.4 is 0 Å². The van der Waals surface area contributed by atoms with Gasteiger partial charge in [0, 0.05) is 23.7 Å². The molecule has 0 aromatic heterocycles. The van der Waals surface area contributed by atoms with Crippen LogP contribution in [0, 0.1) is 22.7 Å². The number of Topliss-reactive ketones (excluding diaryl/α,β-unsaturated/α-hetero) is 1. The van der Waals surface area contributed by atoms with Crippen LogP contribution >= 0.6 is 0 Å². The van der Waals surface area contributed by atoms with E-state index < -0.39 is 64.5 Å². The number of hydrogen-bond donors (Lipinski definition) is 3. The minimum Gasteiger partial charge on any atom is -0.458 e. The maximum absolute atomic E-state index is 17.1. The number of fused-ring (bicyclic) bond motifs is 5. The lowest BCUT2D eigenvalue weighted by molar-refractivity contribution is -0.236. The van der Waals surface area contributed by atoms with E-state index in [1.54, 1.807) is 13.8 Å². The molecule has 8 heteroatoms. The van der Waals surface area contributed by atoms with E-state index in [0.29, 0.717) is 5.57 Å². The first-order valence-corrected chi connectivity index (χ1v) is 10.8. The molecule has 0 aromatic carbocycles. The van der Waals surface area contributed by atoms with Crippen LogP contribution in [-0.4, -0.2) is 62.9 Å². The third-order valence-corrected chi connectivity index (χ3v) is 8.66. The highest BCUT2D eigenvalue weighted by atomic mass is 19.1. The number of carbonyl (C=O) groups is 3. The van der Waals surface area contributed by atoms with Crippen LogP contribution in [0.1, 0.15) is 40.0 Å². The van der Waals surface area contributed by atoms with Crippen LogP contribution in [0.5, 0.6) is 0 Å². The molecule has 8 atom stereocenters. The Morgan fingerprint density at radius 2 is 1.94 bits per heavy atom. The highest BCUT2D eigenvalue weighted by Crippen LogP contribution is 2.70. The molecule has 4 aliphatic carbocycles. The number of hydrogen-bond acceptors (Lipinski definition) is 7. The zero-order valence-electron chi connectivity index (χ0n) is 18.4. The topological polar surface area (TPSA) is 121 Å². The number of rotatable bonds is 3. The summed E-state index contributed by atoms with van der Waals surface area (Å²) in [5.41, 5.74) is -6.58. The van der Waals surface area contributed by atoms with E-state index in [9.17, 15) is 29.7 Å². The van der Waals surface area contributed by atoms with Gasteiger partial charge in [-0.2, -0.15) is 0 Å². The Morgan fingerprint density at radius 1 is 1.28 bits per heavy atom. The Bertz CT molecular complexity index is 985. The highest BCUT2D eigenvalue weighted by Gasteiger charge is 2.76. The third kappa shape index (κ3) is 2.60. The number of ketones is 2. The van der Waals surface area contributed by atoms with Crippen LogP contribution in [-0.2, 0) is 19.1 Å². The molecule has 3 fully saturated rings. The van der Waals surface area contributed by atoms with E-state index in [2.05, 4.69) is 6.58 Å². The predicted molar refractivity (Wildman–Crippen MR) is 111 cm³/mol. The third-order valence-electron chi connectivity index (χ3n) is 8.66. The Morgan fingerprint density at radius 3 is 2.56 bits per heavy atom. The van der Waals surface area contributed by atoms with Crippen molar-refractivity contribution < 1.29 is 38.8 Å². The van der Waals surface area contributed by atoms with E-state index in [-0.39, 0.29) is 30.6 Å². The molecule has 0 radical (unpaired) electrons. The fraction of sp³-hybridized carbons (Fsp3) is 0.625. The first-order chi connectivity index (χ1) is 14.7. The van der Waals surface area contributed by atoms with Crippen LogP contribution in [0.2, 0.25) is 0 Å². The van der Waals surface area contributed by atoms with Crippen molar-refractivity contribution in [1.82, 2.24) is 0 Å². The molecule has 0 aromatic rings. The lowest BCUT2D eigenvalue weighted by Gasteiger charge is -2.63. The van der Waals surface area contributed by atoms with Gasteiger partial charge in [0.05, 0.1) is 12.2 Å². The zero-order chi connectivity index (χ0) is 23.9. The van der Waals surface area contributed by atoms with Crippen molar-refractivity contribution >= 4 is 17.5 Å². The summed E-state index contributed by atoms with van der Waals surface area (Å²) in [6.45, 7) is 7.54. The maximum Gasteiger partial charge on any atom is 0.303 e. The molecule has 0 amide bonds. The van der Waals surface area contributed by atoms with Crippen molar-refractivity contribution in [3.8, 4) is 0 Å². The van der Waals surface area contributed by atoms with Gasteiger partial charge in [0.15, 0.2) is 23.7 Å². The molecule has 3 saturated carbocycles. The lowest BCUT2D eigenvalue weighted by Crippen LogP contribution is -2.71. The minimum atomic E-state index is -2.33. The van der Waals surface area contributed by atoms with Gasteiger partial charge in [-0.3, -0.25) is 14.4 Å². The van der Waals surface area contributed by atoms with Crippen molar-refractivity contribution in [3.05, 3.63) is 36.0 Å². The Kier molecular flexibility index (Phi) is 4.98. The Hall–Kier alpha value is -2.16. The van der Waals surface area contributed by atoms with Crippen molar-refractivity contribution in [2.45, 2.75) is 63.5 Å². The van der Waals surface area contributed by atoms with Gasteiger partial charge in [0.1, 0.15) is 0 Å². The minimum absolute atomic E-state index is 0.0362. The normalized spacial score (nSPS) is 47.3. The number of aliphatic hydroxyl groups is 3. The van der Waals surface area contributed by atoms with E-state index in [1.807, 2.05) is 0 Å². The molecule has 4 aliphatic rings. The van der Waals surface area contributed by atoms with E-state index in [1.165, 1.54) is 18.2 Å². The Balaban J connectivity index is 1.81. The molecule has 7 nitrogen and oxygen atoms in total. The number of esters is 1. The quantitative estimate of drug-likeness (QED) is 0.440. The molecular weight excluding hydrogens is 419 g/mol. The highest BCUT2D eigenvalue weighted by molar-refractivity contribution is 6.01. The number of carbonyl (C=O) groups excluding carboxylic acids is 3. The molecule has 0 saturated heterocycles. The maximum atomic E-state index is 17.1. The van der Waals surface area contributed by atoms with Gasteiger partial charge >= 0.3 is 5.97 Å². The van der Waals surface area contributed by atoms with Gasteiger partial charge in [-0.25, -0.2) is 4.39 Å². The number of alkyl halides is 1. The van der Waals surface area contributed by atoms with E-state index in [4.69, 9.17) is 4.74 Å². The monoisotopic (exact) mass is 448 g/mol. The van der Waals surface area contributed by atoms with Crippen LogP contribution in [0.25, 0.3) is 0 Å². The van der Waals surface area contributed by atoms with Crippen molar-refractivity contribution in [2.24, 2.45) is 22.7 Å². The second-order valence-corrected chi connectivity index (χ2v) is 10.1. The van der Waals surface area contributed by atoms with Crippen LogP contribution in [0.15, 0.2) is 36.0 Å². The summed E-state index contributed by atoms with van der Waals surface area (Å²) >= 11 is 0. The number of halogens is 1. The number of allylic oxidation sites excluding steroid dienone is 3. The predicted octanol–water partition coefficient (Wildman–Crippen LogP) is 1.36. The first-order valence-electron chi connectivity index (χ1n) is 10.8. The van der Waals surface area contributed by atoms with Crippen LogP contribution in [0.3, 0.4) is 0 Å². The molecule has 0 heterocycles. The molecule has 174 valence electrons. The van der Waals surface area contributed by atoms with Gasteiger partial charge < -0.3 is 20.1 Å². The molecule has 0 bridgehead atoms. The molecule has 4 rings (SSSR count). The first kappa shape index (κ1) is 23.0. The second kappa shape index (κ2) is 6.92. The molecule has 3 N–H and O–H groups in total. The summed E-state index contributed by atoms with van der Waals surface area (Å²) in [7, 11) is 0. The van der Waals surface area contributed by atoms with E-state index in [0.717, 1.165) is 6.92 Å². The fourth-order valence-electron chi connectivity index (χ4n) is 6.95. The summed E-state index contributed by atoms with van der Waals surface area (Å²) in [6.07, 6.45) is 0.984. The largest absolute Gasteiger partial charge is 0.458 e. The number of aliphatic hydroxyl groups excluding tert-OH is 2. The van der Waals surface area contributed by atoms with Crippen molar-refractivity contribution in [1.29, 1.82) is 0 Å². The van der Waals surface area contributed by atoms with Gasteiger partial charge in [0.25, 0.3) is 0 Å². The standard InChI is InChI=1S/C24H29FO7/c1-12-7-16-20-17(28)9-14-8-15(27)5-6-21(14,3)23(20,25)18(29)10-22(16,4)24(12,31)19(30)11-32-13(2)26/h5-6,8,16-18,20,28-29,31H,1,7,9-11H2,2-4H3/t16-,17?,18?,20+,21-,22-,23+,24-/m0/s1.